The second-order valence-corrected chi connectivity index (χ2v) is 4.89. The van der Waals surface area contributed by atoms with Gasteiger partial charge in [-0.3, -0.25) is 10.1 Å². The quantitative estimate of drug-likeness (QED) is 0.438. The summed E-state index contributed by atoms with van der Waals surface area (Å²) in [6.45, 7) is 0.355. The van der Waals surface area contributed by atoms with E-state index in [1.54, 1.807) is 13.2 Å². The first-order chi connectivity index (χ1) is 10.1. The molecule has 6 nitrogen and oxygen atoms in total. The monoisotopic (exact) mass is 292 g/mol. The predicted molar refractivity (Wildman–Crippen MR) is 83.5 cm³/mol. The molecule has 21 heavy (non-hydrogen) atoms. The molecule has 0 amide bonds. The fraction of sp³-hybridized carbons (Fsp3) is 0.400. The maximum atomic E-state index is 11.3. The lowest BCUT2D eigenvalue weighted by Crippen LogP contribution is -2.48. The molecule has 1 aromatic rings. The van der Waals surface area contributed by atoms with Crippen LogP contribution in [0, 0.1) is 0 Å². The summed E-state index contributed by atoms with van der Waals surface area (Å²) in [4.78, 5) is 11.3. The molecule has 0 aromatic heterocycles. The lowest BCUT2D eigenvalue weighted by atomic mass is 10.0. The zero-order chi connectivity index (χ0) is 15.7. The average Bonchev–Trinajstić information content (AvgIpc) is 2.46. The van der Waals surface area contributed by atoms with Gasteiger partial charge in [-0.25, -0.2) is 0 Å². The molecular formula is C15H24N4O2. The Bertz CT molecular complexity index is 462. The Balaban J connectivity index is 2.66. The van der Waals surface area contributed by atoms with Crippen molar-refractivity contribution in [2.24, 2.45) is 11.5 Å². The van der Waals surface area contributed by atoms with Crippen LogP contribution in [-0.4, -0.2) is 36.8 Å². The third-order valence-corrected chi connectivity index (χ3v) is 3.11. The topological polar surface area (TPSA) is 113 Å². The molecule has 0 aliphatic carbocycles. The van der Waals surface area contributed by atoms with Crippen molar-refractivity contribution >= 4 is 5.97 Å². The highest BCUT2D eigenvalue weighted by Gasteiger charge is 2.21. The number of hydrogen-bond donors (Lipinski definition) is 5. The molecule has 1 aromatic carbocycles. The zero-order valence-electron chi connectivity index (χ0n) is 12.3. The van der Waals surface area contributed by atoms with Gasteiger partial charge in [0.05, 0.1) is 0 Å². The molecule has 0 heterocycles. The van der Waals surface area contributed by atoms with Crippen LogP contribution < -0.4 is 22.1 Å². The van der Waals surface area contributed by atoms with Gasteiger partial charge in [0.2, 0.25) is 0 Å². The molecule has 2 atom stereocenters. The molecular weight excluding hydrogens is 268 g/mol. The van der Waals surface area contributed by atoms with Gasteiger partial charge in [-0.2, -0.15) is 0 Å². The van der Waals surface area contributed by atoms with E-state index in [9.17, 15) is 9.90 Å². The minimum absolute atomic E-state index is 0.115. The number of hydrogen-bond acceptors (Lipinski definition) is 5. The number of rotatable bonds is 9. The summed E-state index contributed by atoms with van der Waals surface area (Å²) in [5, 5.41) is 15.1. The number of aliphatic carboxylic acids is 1. The van der Waals surface area contributed by atoms with E-state index >= 15 is 0 Å². The van der Waals surface area contributed by atoms with Gasteiger partial charge in [0, 0.05) is 38.0 Å². The Labute approximate surface area is 125 Å². The van der Waals surface area contributed by atoms with Gasteiger partial charge < -0.3 is 21.9 Å². The first-order valence-corrected chi connectivity index (χ1v) is 6.91. The Morgan fingerprint density at radius 2 is 2.05 bits per heavy atom. The molecule has 0 saturated carbocycles. The van der Waals surface area contributed by atoms with Crippen molar-refractivity contribution in [1.82, 2.24) is 10.6 Å². The lowest BCUT2D eigenvalue weighted by molar-refractivity contribution is -0.139. The van der Waals surface area contributed by atoms with Crippen molar-refractivity contribution in [3.8, 4) is 0 Å². The summed E-state index contributed by atoms with van der Waals surface area (Å²) < 4.78 is 0. The van der Waals surface area contributed by atoms with E-state index in [4.69, 9.17) is 11.5 Å². The molecule has 116 valence electrons. The molecule has 7 N–H and O–H groups in total. The summed E-state index contributed by atoms with van der Waals surface area (Å²) in [6, 6.07) is 8.96. The summed E-state index contributed by atoms with van der Waals surface area (Å²) >= 11 is 0. The molecule has 0 aliphatic rings. The van der Waals surface area contributed by atoms with Crippen LogP contribution in [-0.2, 0) is 11.2 Å². The summed E-state index contributed by atoms with van der Waals surface area (Å²) in [5.74, 6) is -0.936. The van der Waals surface area contributed by atoms with E-state index in [2.05, 4.69) is 10.6 Å². The molecule has 6 heteroatoms. The number of benzene rings is 1. The van der Waals surface area contributed by atoms with E-state index in [1.807, 2.05) is 30.3 Å². The van der Waals surface area contributed by atoms with Crippen molar-refractivity contribution in [3.63, 3.8) is 0 Å². The number of carboxylic acids is 1. The first-order valence-electron chi connectivity index (χ1n) is 6.91. The highest BCUT2D eigenvalue weighted by atomic mass is 16.4. The van der Waals surface area contributed by atoms with Crippen LogP contribution in [0.1, 0.15) is 12.0 Å². The SMILES string of the molecule is CN/C=C(\N)CC(NC(CN)Cc1ccccc1)C(=O)O. The second-order valence-electron chi connectivity index (χ2n) is 4.89. The maximum Gasteiger partial charge on any atom is 0.321 e. The summed E-state index contributed by atoms with van der Waals surface area (Å²) in [7, 11) is 1.72. The summed E-state index contributed by atoms with van der Waals surface area (Å²) in [6.07, 6.45) is 2.49. The van der Waals surface area contributed by atoms with Crippen LogP contribution in [0.4, 0.5) is 0 Å². The standard InChI is InChI=1S/C15H24N4O2/c1-18-10-12(17)8-14(15(20)21)19-13(9-16)7-11-5-3-2-4-6-11/h2-6,10,13-14,18-19H,7-9,16-17H2,1H3,(H,20,21)/b12-10-. The number of nitrogens with two attached hydrogens (primary N) is 2. The van der Waals surface area contributed by atoms with Gasteiger partial charge in [0.1, 0.15) is 6.04 Å². The number of carbonyl (C=O) groups is 1. The average molecular weight is 292 g/mol. The lowest BCUT2D eigenvalue weighted by Gasteiger charge is -2.22. The Hall–Kier alpha value is -2.05. The van der Waals surface area contributed by atoms with Crippen molar-refractivity contribution < 1.29 is 9.90 Å². The predicted octanol–water partition coefficient (Wildman–Crippen LogP) is 0.00880. The molecule has 2 unspecified atom stereocenters. The van der Waals surface area contributed by atoms with Crippen LogP contribution in [0.15, 0.2) is 42.2 Å². The first kappa shape index (κ1) is 17.0. The van der Waals surface area contributed by atoms with Crippen LogP contribution in [0.5, 0.6) is 0 Å². The number of nitrogens with one attached hydrogen (secondary N) is 2. The van der Waals surface area contributed by atoms with Gasteiger partial charge >= 0.3 is 5.97 Å². The Morgan fingerprint density at radius 3 is 2.57 bits per heavy atom. The molecule has 0 bridgehead atoms. The van der Waals surface area contributed by atoms with Gasteiger partial charge in [-0.1, -0.05) is 30.3 Å². The largest absolute Gasteiger partial charge is 0.480 e. The summed E-state index contributed by atoms with van der Waals surface area (Å²) in [5.41, 5.74) is 13.1. The van der Waals surface area contributed by atoms with E-state index in [0.717, 1.165) is 5.56 Å². The van der Waals surface area contributed by atoms with Crippen LogP contribution in [0.2, 0.25) is 0 Å². The van der Waals surface area contributed by atoms with Crippen molar-refractivity contribution in [3.05, 3.63) is 47.8 Å². The normalized spacial score (nSPS) is 14.5. The molecule has 0 radical (unpaired) electrons. The highest BCUT2D eigenvalue weighted by molar-refractivity contribution is 5.73. The van der Waals surface area contributed by atoms with Crippen LogP contribution >= 0.6 is 0 Å². The maximum absolute atomic E-state index is 11.3. The van der Waals surface area contributed by atoms with Crippen molar-refractivity contribution in [1.29, 1.82) is 0 Å². The van der Waals surface area contributed by atoms with E-state index < -0.39 is 12.0 Å². The van der Waals surface area contributed by atoms with Gasteiger partial charge in [0.25, 0.3) is 0 Å². The molecule has 0 saturated heterocycles. The van der Waals surface area contributed by atoms with Gasteiger partial charge in [0.15, 0.2) is 0 Å². The highest BCUT2D eigenvalue weighted by Crippen LogP contribution is 2.06. The third-order valence-electron chi connectivity index (χ3n) is 3.11. The van der Waals surface area contributed by atoms with E-state index in [-0.39, 0.29) is 12.5 Å². The van der Waals surface area contributed by atoms with Crippen molar-refractivity contribution in [2.45, 2.75) is 24.9 Å². The van der Waals surface area contributed by atoms with Crippen LogP contribution in [0.25, 0.3) is 0 Å². The van der Waals surface area contributed by atoms with Gasteiger partial charge in [-0.15, -0.1) is 0 Å². The van der Waals surface area contributed by atoms with E-state index in [0.29, 0.717) is 18.7 Å². The zero-order valence-corrected chi connectivity index (χ0v) is 12.3. The van der Waals surface area contributed by atoms with Crippen molar-refractivity contribution in [2.75, 3.05) is 13.6 Å². The second kappa shape index (κ2) is 8.99. The Kier molecular flexibility index (Phi) is 7.28. The fourth-order valence-electron chi connectivity index (χ4n) is 2.09. The molecule has 0 aliphatic heterocycles. The smallest absolute Gasteiger partial charge is 0.321 e. The molecule has 1 rings (SSSR count). The van der Waals surface area contributed by atoms with Gasteiger partial charge in [-0.05, 0) is 12.0 Å². The molecule has 0 spiro atoms. The van der Waals surface area contributed by atoms with Crippen LogP contribution in [0.3, 0.4) is 0 Å². The Morgan fingerprint density at radius 1 is 1.38 bits per heavy atom. The minimum atomic E-state index is -0.936. The fourth-order valence-corrected chi connectivity index (χ4v) is 2.09. The minimum Gasteiger partial charge on any atom is -0.480 e. The number of carboxylic acid groups (broad SMARTS) is 1. The van der Waals surface area contributed by atoms with E-state index in [1.165, 1.54) is 0 Å². The third kappa shape index (κ3) is 6.29. The molecule has 0 fully saturated rings.